The Labute approximate surface area is 83.2 Å². The van der Waals surface area contributed by atoms with Crippen molar-refractivity contribution in [3.8, 4) is 0 Å². The highest BCUT2D eigenvalue weighted by molar-refractivity contribution is 5.89. The van der Waals surface area contributed by atoms with E-state index in [-0.39, 0.29) is 12.1 Å². The van der Waals surface area contributed by atoms with Gasteiger partial charge in [0.25, 0.3) is 0 Å². The summed E-state index contributed by atoms with van der Waals surface area (Å²) in [6.07, 6.45) is 5.82. The van der Waals surface area contributed by atoms with Gasteiger partial charge in [-0.1, -0.05) is 30.4 Å². The molecule has 0 unspecified atom stereocenters. The van der Waals surface area contributed by atoms with Gasteiger partial charge in [-0.2, -0.15) is 0 Å². The predicted molar refractivity (Wildman–Crippen MR) is 54.0 cm³/mol. The number of rotatable bonds is 2. The van der Waals surface area contributed by atoms with E-state index in [9.17, 15) is 4.79 Å². The molecule has 14 heavy (non-hydrogen) atoms. The molecule has 0 atom stereocenters. The first-order valence-corrected chi connectivity index (χ1v) is 4.77. The summed E-state index contributed by atoms with van der Waals surface area (Å²) in [6.45, 7) is 0. The van der Waals surface area contributed by atoms with E-state index in [1.807, 2.05) is 30.4 Å². The monoisotopic (exact) mass is 188 g/mol. The normalized spacial score (nSPS) is 15.7. The Morgan fingerprint density at radius 2 is 1.79 bits per heavy atom. The molecule has 0 bridgehead atoms. The van der Waals surface area contributed by atoms with Gasteiger partial charge in [0, 0.05) is 12.8 Å². The molecule has 1 aliphatic rings. The molecule has 2 nitrogen and oxygen atoms in total. The molecule has 1 aliphatic carbocycles. The lowest BCUT2D eigenvalue weighted by atomic mass is 10.2. The van der Waals surface area contributed by atoms with E-state index >= 15 is 0 Å². The van der Waals surface area contributed by atoms with Crippen molar-refractivity contribution >= 4 is 5.97 Å². The summed E-state index contributed by atoms with van der Waals surface area (Å²) in [4.78, 5) is 11.6. The smallest absolute Gasteiger partial charge is 0.338 e. The molecule has 0 saturated heterocycles. The molecular formula is C12H12O2. The van der Waals surface area contributed by atoms with Crippen LogP contribution < -0.4 is 0 Å². The molecular weight excluding hydrogens is 176 g/mol. The van der Waals surface area contributed by atoms with Crippen molar-refractivity contribution in [3.63, 3.8) is 0 Å². The van der Waals surface area contributed by atoms with Gasteiger partial charge < -0.3 is 4.74 Å². The van der Waals surface area contributed by atoms with Crippen LogP contribution in [-0.2, 0) is 4.74 Å². The number of benzene rings is 1. The molecule has 0 saturated carbocycles. The molecule has 0 N–H and O–H groups in total. The molecule has 0 heterocycles. The number of hydrogen-bond acceptors (Lipinski definition) is 2. The summed E-state index contributed by atoms with van der Waals surface area (Å²) < 4.78 is 5.30. The lowest BCUT2D eigenvalue weighted by molar-refractivity contribution is 0.0330. The summed E-state index contributed by atoms with van der Waals surface area (Å²) in [5.41, 5.74) is 0.624. The minimum Gasteiger partial charge on any atom is -0.458 e. The van der Waals surface area contributed by atoms with Crippen LogP contribution >= 0.6 is 0 Å². The van der Waals surface area contributed by atoms with Crippen LogP contribution in [0.25, 0.3) is 0 Å². The van der Waals surface area contributed by atoms with Gasteiger partial charge in [-0.3, -0.25) is 0 Å². The van der Waals surface area contributed by atoms with Crippen molar-refractivity contribution < 1.29 is 9.53 Å². The van der Waals surface area contributed by atoms with Crippen LogP contribution in [0.4, 0.5) is 0 Å². The zero-order valence-electron chi connectivity index (χ0n) is 7.85. The molecule has 2 heteroatoms. The Morgan fingerprint density at radius 3 is 2.43 bits per heavy atom. The molecule has 72 valence electrons. The van der Waals surface area contributed by atoms with Gasteiger partial charge in [0.1, 0.15) is 6.10 Å². The summed E-state index contributed by atoms with van der Waals surface area (Å²) in [5.74, 6) is -0.223. The fraction of sp³-hybridized carbons (Fsp3) is 0.250. The van der Waals surface area contributed by atoms with Gasteiger partial charge in [0.05, 0.1) is 5.56 Å². The molecule has 0 aromatic heterocycles. The Kier molecular flexibility index (Phi) is 2.63. The second kappa shape index (κ2) is 4.09. The summed E-state index contributed by atoms with van der Waals surface area (Å²) in [7, 11) is 0. The number of carbonyl (C=O) groups is 1. The highest BCUT2D eigenvalue weighted by Gasteiger charge is 2.16. The molecule has 0 radical (unpaired) electrons. The molecule has 0 aliphatic heterocycles. The average Bonchev–Trinajstić information content (AvgIpc) is 2.72. The van der Waals surface area contributed by atoms with Crippen molar-refractivity contribution in [1.29, 1.82) is 0 Å². The van der Waals surface area contributed by atoms with E-state index in [4.69, 9.17) is 4.74 Å². The molecule has 2 rings (SSSR count). The van der Waals surface area contributed by atoms with Gasteiger partial charge in [0.2, 0.25) is 0 Å². The first-order valence-electron chi connectivity index (χ1n) is 4.77. The second-order valence-electron chi connectivity index (χ2n) is 3.34. The van der Waals surface area contributed by atoms with Crippen molar-refractivity contribution in [1.82, 2.24) is 0 Å². The minimum atomic E-state index is -0.223. The van der Waals surface area contributed by atoms with E-state index in [1.165, 1.54) is 0 Å². The molecule has 0 amide bonds. The standard InChI is InChI=1S/C12H12O2/c13-12(10-6-2-1-3-7-10)14-11-8-4-5-9-11/h1-7,11H,8-9H2. The van der Waals surface area contributed by atoms with Gasteiger partial charge in [0.15, 0.2) is 0 Å². The quantitative estimate of drug-likeness (QED) is 0.526. The third-order valence-corrected chi connectivity index (χ3v) is 2.25. The van der Waals surface area contributed by atoms with E-state index in [0.717, 1.165) is 12.8 Å². The van der Waals surface area contributed by atoms with Crippen molar-refractivity contribution in [3.05, 3.63) is 48.0 Å². The van der Waals surface area contributed by atoms with Gasteiger partial charge in [-0.25, -0.2) is 4.79 Å². The van der Waals surface area contributed by atoms with Crippen molar-refractivity contribution in [2.75, 3.05) is 0 Å². The van der Waals surface area contributed by atoms with E-state index < -0.39 is 0 Å². The van der Waals surface area contributed by atoms with E-state index in [2.05, 4.69) is 0 Å². The van der Waals surface area contributed by atoms with Crippen molar-refractivity contribution in [2.24, 2.45) is 0 Å². The zero-order valence-corrected chi connectivity index (χ0v) is 7.85. The summed E-state index contributed by atoms with van der Waals surface area (Å²) >= 11 is 0. The topological polar surface area (TPSA) is 26.3 Å². The zero-order chi connectivity index (χ0) is 9.80. The summed E-state index contributed by atoms with van der Waals surface area (Å²) in [6, 6.07) is 9.09. The van der Waals surface area contributed by atoms with Crippen LogP contribution in [0.5, 0.6) is 0 Å². The average molecular weight is 188 g/mol. The van der Waals surface area contributed by atoms with Crippen LogP contribution in [0.1, 0.15) is 23.2 Å². The number of hydrogen-bond donors (Lipinski definition) is 0. The highest BCUT2D eigenvalue weighted by atomic mass is 16.5. The van der Waals surface area contributed by atoms with Gasteiger partial charge >= 0.3 is 5.97 Å². The second-order valence-corrected chi connectivity index (χ2v) is 3.34. The van der Waals surface area contributed by atoms with E-state index in [0.29, 0.717) is 5.56 Å². The maximum atomic E-state index is 11.6. The Morgan fingerprint density at radius 1 is 1.14 bits per heavy atom. The van der Waals surface area contributed by atoms with Gasteiger partial charge in [-0.15, -0.1) is 0 Å². The minimum absolute atomic E-state index is 0.0442. The van der Waals surface area contributed by atoms with Crippen LogP contribution in [0, 0.1) is 0 Å². The molecule has 1 aromatic carbocycles. The van der Waals surface area contributed by atoms with Crippen LogP contribution in [-0.4, -0.2) is 12.1 Å². The SMILES string of the molecule is O=C(OC1CC=CC1)c1ccccc1. The summed E-state index contributed by atoms with van der Waals surface area (Å²) in [5, 5.41) is 0. The number of carbonyl (C=O) groups excluding carboxylic acids is 1. The highest BCUT2D eigenvalue weighted by Crippen LogP contribution is 2.15. The third kappa shape index (κ3) is 2.02. The predicted octanol–water partition coefficient (Wildman–Crippen LogP) is 2.56. The van der Waals surface area contributed by atoms with Crippen molar-refractivity contribution in [2.45, 2.75) is 18.9 Å². The maximum Gasteiger partial charge on any atom is 0.338 e. The fourth-order valence-corrected chi connectivity index (χ4v) is 1.48. The first kappa shape index (κ1) is 9.00. The number of ether oxygens (including phenoxy) is 1. The Hall–Kier alpha value is -1.57. The lowest BCUT2D eigenvalue weighted by Crippen LogP contribution is -2.14. The Bertz CT molecular complexity index is 333. The molecule has 1 aromatic rings. The fourth-order valence-electron chi connectivity index (χ4n) is 1.48. The lowest BCUT2D eigenvalue weighted by Gasteiger charge is -2.10. The van der Waals surface area contributed by atoms with Crippen LogP contribution in [0.15, 0.2) is 42.5 Å². The third-order valence-electron chi connectivity index (χ3n) is 2.25. The maximum absolute atomic E-state index is 11.6. The van der Waals surface area contributed by atoms with Crippen LogP contribution in [0.3, 0.4) is 0 Å². The largest absolute Gasteiger partial charge is 0.458 e. The molecule has 0 fully saturated rings. The van der Waals surface area contributed by atoms with Gasteiger partial charge in [-0.05, 0) is 12.1 Å². The van der Waals surface area contributed by atoms with Crippen LogP contribution in [0.2, 0.25) is 0 Å². The first-order chi connectivity index (χ1) is 6.86. The number of esters is 1. The van der Waals surface area contributed by atoms with E-state index in [1.54, 1.807) is 12.1 Å². The Balaban J connectivity index is 1.96. The molecule has 0 spiro atoms.